The van der Waals surface area contributed by atoms with Gasteiger partial charge in [-0.25, -0.2) is 4.99 Å². The second-order valence-electron chi connectivity index (χ2n) is 6.37. The highest BCUT2D eigenvalue weighted by Crippen LogP contribution is 2.22. The molecule has 0 atom stereocenters. The van der Waals surface area contributed by atoms with E-state index < -0.39 is 0 Å². The molecule has 0 aliphatic rings. The third kappa shape index (κ3) is 6.09. The molecule has 0 radical (unpaired) electrons. The Morgan fingerprint density at radius 3 is 2.44 bits per heavy atom. The first kappa shape index (κ1) is 20.4. The second-order valence-corrected chi connectivity index (χ2v) is 6.37. The third-order valence-corrected chi connectivity index (χ3v) is 4.49. The normalized spacial score (nSPS) is 11.3. The Balaban J connectivity index is 1.92. The van der Waals surface area contributed by atoms with Gasteiger partial charge in [0.05, 0.1) is 0 Å². The molecule has 144 valence electrons. The van der Waals surface area contributed by atoms with E-state index >= 15 is 0 Å². The SMILES string of the molecule is CCc1cccc(CC)c1NC(N)=NCC(=O)N(C)CCc1ccccn1. The minimum absolute atomic E-state index is 0.0211. The molecule has 1 heterocycles. The molecule has 0 fully saturated rings. The number of amides is 1. The molecule has 6 nitrogen and oxygen atoms in total. The van der Waals surface area contributed by atoms with Crippen LogP contribution < -0.4 is 11.1 Å². The van der Waals surface area contributed by atoms with E-state index in [1.807, 2.05) is 18.2 Å². The van der Waals surface area contributed by atoms with Crippen molar-refractivity contribution in [1.82, 2.24) is 9.88 Å². The fourth-order valence-corrected chi connectivity index (χ4v) is 2.80. The van der Waals surface area contributed by atoms with Gasteiger partial charge in [0.15, 0.2) is 5.96 Å². The summed E-state index contributed by atoms with van der Waals surface area (Å²) in [6.07, 6.45) is 4.27. The fourth-order valence-electron chi connectivity index (χ4n) is 2.80. The summed E-state index contributed by atoms with van der Waals surface area (Å²) in [5.74, 6) is 0.187. The molecule has 2 aromatic rings. The van der Waals surface area contributed by atoms with Gasteiger partial charge in [-0.1, -0.05) is 38.1 Å². The van der Waals surface area contributed by atoms with Crippen molar-refractivity contribution in [2.24, 2.45) is 10.7 Å². The van der Waals surface area contributed by atoms with E-state index in [9.17, 15) is 4.79 Å². The summed E-state index contributed by atoms with van der Waals surface area (Å²) < 4.78 is 0. The van der Waals surface area contributed by atoms with Crippen LogP contribution in [-0.2, 0) is 24.1 Å². The quantitative estimate of drug-likeness (QED) is 0.555. The van der Waals surface area contributed by atoms with E-state index in [1.165, 1.54) is 11.1 Å². The van der Waals surface area contributed by atoms with Gasteiger partial charge in [-0.15, -0.1) is 0 Å². The molecule has 2 rings (SSSR count). The van der Waals surface area contributed by atoms with Crippen LogP contribution >= 0.6 is 0 Å². The molecule has 6 heteroatoms. The van der Waals surface area contributed by atoms with Crippen molar-refractivity contribution in [3.8, 4) is 0 Å². The molecule has 0 bridgehead atoms. The number of hydrogen-bond donors (Lipinski definition) is 2. The number of likely N-dealkylation sites (N-methyl/N-ethyl adjacent to an activating group) is 1. The number of guanidine groups is 1. The first-order valence-corrected chi connectivity index (χ1v) is 9.36. The van der Waals surface area contributed by atoms with Gasteiger partial charge in [-0.05, 0) is 36.1 Å². The van der Waals surface area contributed by atoms with Gasteiger partial charge in [-0.2, -0.15) is 0 Å². The highest BCUT2D eigenvalue weighted by Gasteiger charge is 2.10. The van der Waals surface area contributed by atoms with Gasteiger partial charge >= 0.3 is 0 Å². The lowest BCUT2D eigenvalue weighted by atomic mass is 10.0. The Morgan fingerprint density at radius 1 is 1.15 bits per heavy atom. The first-order chi connectivity index (χ1) is 13.0. The molecule has 0 saturated heterocycles. The smallest absolute Gasteiger partial charge is 0.244 e. The van der Waals surface area contributed by atoms with Crippen LogP contribution in [0.25, 0.3) is 0 Å². The maximum atomic E-state index is 12.3. The molecule has 27 heavy (non-hydrogen) atoms. The number of hydrogen-bond acceptors (Lipinski definition) is 3. The van der Waals surface area contributed by atoms with E-state index in [0.717, 1.165) is 24.2 Å². The van der Waals surface area contributed by atoms with Crippen molar-refractivity contribution >= 4 is 17.6 Å². The average Bonchev–Trinajstić information content (AvgIpc) is 2.71. The van der Waals surface area contributed by atoms with Crippen LogP contribution in [0, 0.1) is 0 Å². The van der Waals surface area contributed by atoms with Gasteiger partial charge in [0.2, 0.25) is 5.91 Å². The van der Waals surface area contributed by atoms with E-state index in [2.05, 4.69) is 47.3 Å². The highest BCUT2D eigenvalue weighted by molar-refractivity contribution is 5.95. The number of carbonyl (C=O) groups is 1. The lowest BCUT2D eigenvalue weighted by molar-refractivity contribution is -0.128. The number of aliphatic imine (C=N–C) groups is 1. The Labute approximate surface area is 161 Å². The van der Waals surface area contributed by atoms with Crippen molar-refractivity contribution in [2.75, 3.05) is 25.5 Å². The minimum atomic E-state index is -0.0739. The van der Waals surface area contributed by atoms with Crippen molar-refractivity contribution in [3.05, 3.63) is 59.4 Å². The number of nitrogens with two attached hydrogens (primary N) is 1. The molecule has 0 spiro atoms. The standard InChI is InChI=1S/C21H29N5O/c1-4-16-9-8-10-17(5-2)20(16)25-21(22)24-15-19(27)26(3)14-12-18-11-6-7-13-23-18/h6-11,13H,4-5,12,14-15H2,1-3H3,(H3,22,24,25). The number of aromatic nitrogens is 1. The zero-order valence-corrected chi connectivity index (χ0v) is 16.4. The van der Waals surface area contributed by atoms with E-state index in [1.54, 1.807) is 18.1 Å². The zero-order valence-electron chi connectivity index (χ0n) is 16.4. The number of carbonyl (C=O) groups excluding carboxylic acids is 1. The second kappa shape index (κ2) is 10.3. The third-order valence-electron chi connectivity index (χ3n) is 4.49. The largest absolute Gasteiger partial charge is 0.370 e. The average molecular weight is 367 g/mol. The maximum Gasteiger partial charge on any atom is 0.244 e. The highest BCUT2D eigenvalue weighted by atomic mass is 16.2. The number of nitrogens with one attached hydrogen (secondary N) is 1. The van der Waals surface area contributed by atoms with Crippen LogP contribution in [0.4, 0.5) is 5.69 Å². The van der Waals surface area contributed by atoms with Crippen LogP contribution in [0.1, 0.15) is 30.7 Å². The predicted octanol–water partition coefficient (Wildman–Crippen LogP) is 2.63. The Kier molecular flexibility index (Phi) is 7.79. The topological polar surface area (TPSA) is 83.6 Å². The Bertz CT molecular complexity index is 751. The molecule has 1 aromatic heterocycles. The summed E-state index contributed by atoms with van der Waals surface area (Å²) in [6.45, 7) is 4.82. The Hall–Kier alpha value is -2.89. The van der Waals surface area contributed by atoms with Crippen molar-refractivity contribution in [1.29, 1.82) is 0 Å². The minimum Gasteiger partial charge on any atom is -0.370 e. The fraction of sp³-hybridized carbons (Fsp3) is 0.381. The lowest BCUT2D eigenvalue weighted by Gasteiger charge is -2.17. The summed E-state index contributed by atoms with van der Waals surface area (Å²) in [5.41, 5.74) is 10.4. The molecule has 0 aliphatic carbocycles. The Morgan fingerprint density at radius 2 is 1.85 bits per heavy atom. The summed E-state index contributed by atoms with van der Waals surface area (Å²) in [6, 6.07) is 12.0. The number of para-hydroxylation sites is 1. The van der Waals surface area contributed by atoms with Crippen molar-refractivity contribution in [3.63, 3.8) is 0 Å². The number of nitrogens with zero attached hydrogens (tertiary/aromatic N) is 3. The molecule has 0 saturated carbocycles. The van der Waals surface area contributed by atoms with E-state index in [-0.39, 0.29) is 18.4 Å². The number of aryl methyl sites for hydroxylation is 2. The monoisotopic (exact) mass is 367 g/mol. The maximum absolute atomic E-state index is 12.3. The van der Waals surface area contributed by atoms with Crippen LogP contribution in [0.5, 0.6) is 0 Å². The van der Waals surface area contributed by atoms with Crippen LogP contribution in [0.15, 0.2) is 47.6 Å². The van der Waals surface area contributed by atoms with Gasteiger partial charge in [-0.3, -0.25) is 9.78 Å². The number of anilines is 1. The predicted molar refractivity (Wildman–Crippen MR) is 111 cm³/mol. The summed E-state index contributed by atoms with van der Waals surface area (Å²) in [7, 11) is 1.77. The molecule has 0 aliphatic heterocycles. The molecular weight excluding hydrogens is 338 g/mol. The molecule has 3 N–H and O–H groups in total. The summed E-state index contributed by atoms with van der Waals surface area (Å²) in [4.78, 5) is 22.4. The number of rotatable bonds is 8. The van der Waals surface area contributed by atoms with Crippen molar-refractivity contribution < 1.29 is 4.79 Å². The molecule has 1 amide bonds. The van der Waals surface area contributed by atoms with Crippen molar-refractivity contribution in [2.45, 2.75) is 33.1 Å². The first-order valence-electron chi connectivity index (χ1n) is 9.36. The summed E-state index contributed by atoms with van der Waals surface area (Å²) >= 11 is 0. The molecular formula is C21H29N5O. The summed E-state index contributed by atoms with van der Waals surface area (Å²) in [5, 5.41) is 3.18. The van der Waals surface area contributed by atoms with E-state index in [4.69, 9.17) is 5.73 Å². The lowest BCUT2D eigenvalue weighted by Crippen LogP contribution is -2.32. The van der Waals surface area contributed by atoms with Gasteiger partial charge < -0.3 is 16.0 Å². The van der Waals surface area contributed by atoms with Gasteiger partial charge in [0, 0.05) is 37.6 Å². The number of benzene rings is 1. The van der Waals surface area contributed by atoms with Gasteiger partial charge in [0.25, 0.3) is 0 Å². The zero-order chi connectivity index (χ0) is 19.6. The molecule has 0 unspecified atom stereocenters. The van der Waals surface area contributed by atoms with Crippen LogP contribution in [0.3, 0.4) is 0 Å². The number of pyridine rings is 1. The molecule has 1 aromatic carbocycles. The van der Waals surface area contributed by atoms with Gasteiger partial charge in [0.1, 0.15) is 6.54 Å². The van der Waals surface area contributed by atoms with Crippen LogP contribution in [-0.4, -0.2) is 41.9 Å². The van der Waals surface area contributed by atoms with Crippen LogP contribution in [0.2, 0.25) is 0 Å². The van der Waals surface area contributed by atoms with E-state index in [0.29, 0.717) is 13.0 Å².